The van der Waals surface area contributed by atoms with E-state index in [2.05, 4.69) is 34.6 Å². The molecule has 1 aromatic carbocycles. The number of benzene rings is 1. The van der Waals surface area contributed by atoms with Crippen molar-refractivity contribution in [1.29, 1.82) is 0 Å². The summed E-state index contributed by atoms with van der Waals surface area (Å²) in [6, 6.07) is 10.3. The van der Waals surface area contributed by atoms with Crippen molar-refractivity contribution in [3.63, 3.8) is 0 Å². The minimum atomic E-state index is 0.0513. The Morgan fingerprint density at radius 3 is 2.70 bits per heavy atom. The summed E-state index contributed by atoms with van der Waals surface area (Å²) in [6.07, 6.45) is 3.08. The number of carbonyl (C=O) groups is 1. The van der Waals surface area contributed by atoms with Crippen molar-refractivity contribution < 1.29 is 4.79 Å². The lowest BCUT2D eigenvalue weighted by molar-refractivity contribution is -0.123. The molecule has 3 atom stereocenters. The molecule has 1 saturated heterocycles. The number of carbonyl (C=O) groups excluding carboxylic acids is 1. The number of amides is 1. The fourth-order valence-corrected chi connectivity index (χ4v) is 3.36. The highest BCUT2D eigenvalue weighted by atomic mass is 16.1. The number of likely N-dealkylation sites (N-methyl/N-ethyl adjacent to an activating group) is 1. The molecular formula is C19H31N3O. The second kappa shape index (κ2) is 9.04. The first-order chi connectivity index (χ1) is 11.1. The lowest BCUT2D eigenvalue weighted by Gasteiger charge is -2.29. The third-order valence-electron chi connectivity index (χ3n) is 4.73. The Morgan fingerprint density at radius 1 is 1.35 bits per heavy atom. The topological polar surface area (TPSA) is 44.4 Å². The zero-order chi connectivity index (χ0) is 16.7. The van der Waals surface area contributed by atoms with Crippen LogP contribution < -0.4 is 10.6 Å². The van der Waals surface area contributed by atoms with Gasteiger partial charge in [-0.25, -0.2) is 0 Å². The molecule has 0 spiro atoms. The Bertz CT molecular complexity index is 469. The maximum absolute atomic E-state index is 12.5. The summed E-state index contributed by atoms with van der Waals surface area (Å²) in [7, 11) is 4.08. The average molecular weight is 317 g/mol. The van der Waals surface area contributed by atoms with Crippen molar-refractivity contribution in [3.8, 4) is 0 Å². The number of nitrogens with zero attached hydrogens (tertiary/aromatic N) is 1. The van der Waals surface area contributed by atoms with Gasteiger partial charge in [-0.15, -0.1) is 0 Å². The first kappa shape index (κ1) is 18.0. The van der Waals surface area contributed by atoms with Gasteiger partial charge in [-0.05, 0) is 57.4 Å². The second-order valence-electron chi connectivity index (χ2n) is 7.08. The van der Waals surface area contributed by atoms with E-state index in [1.54, 1.807) is 0 Å². The molecule has 0 bridgehead atoms. The molecule has 0 radical (unpaired) electrons. The molecule has 1 aliphatic heterocycles. The molecule has 23 heavy (non-hydrogen) atoms. The fraction of sp³-hybridized carbons (Fsp3) is 0.632. The van der Waals surface area contributed by atoms with Crippen molar-refractivity contribution in [1.82, 2.24) is 15.5 Å². The summed E-state index contributed by atoms with van der Waals surface area (Å²) >= 11 is 0. The highest BCUT2D eigenvalue weighted by Gasteiger charge is 2.23. The van der Waals surface area contributed by atoms with Gasteiger partial charge in [-0.2, -0.15) is 0 Å². The van der Waals surface area contributed by atoms with Crippen molar-refractivity contribution in [2.45, 2.75) is 32.2 Å². The number of nitrogens with one attached hydrogen (secondary N) is 2. The smallest absolute Gasteiger partial charge is 0.220 e. The van der Waals surface area contributed by atoms with Crippen molar-refractivity contribution in [2.24, 2.45) is 11.8 Å². The van der Waals surface area contributed by atoms with Crippen LogP contribution in [-0.2, 0) is 4.79 Å². The molecule has 1 amide bonds. The summed E-state index contributed by atoms with van der Waals surface area (Å²) in [4.78, 5) is 14.6. The normalized spacial score (nSPS) is 21.0. The van der Waals surface area contributed by atoms with Gasteiger partial charge in [0.15, 0.2) is 0 Å². The van der Waals surface area contributed by atoms with Crippen LogP contribution in [0.3, 0.4) is 0 Å². The standard InChI is InChI=1S/C19H31N3O/c1-15(17-10-7-11-20-13-17)12-19(23)21-18(14-22(2)3)16-8-5-4-6-9-16/h4-6,8-9,15,17-18,20H,7,10-14H2,1-3H3,(H,21,23). The molecule has 1 aliphatic rings. The van der Waals surface area contributed by atoms with E-state index in [4.69, 9.17) is 0 Å². The predicted molar refractivity (Wildman–Crippen MR) is 95.3 cm³/mol. The minimum Gasteiger partial charge on any atom is -0.348 e. The van der Waals surface area contributed by atoms with Crippen molar-refractivity contribution in [2.75, 3.05) is 33.7 Å². The first-order valence-electron chi connectivity index (χ1n) is 8.76. The van der Waals surface area contributed by atoms with E-state index < -0.39 is 0 Å². The van der Waals surface area contributed by atoms with Gasteiger partial charge >= 0.3 is 0 Å². The Morgan fingerprint density at radius 2 is 2.09 bits per heavy atom. The Labute approximate surface area is 140 Å². The van der Waals surface area contributed by atoms with Crippen LogP contribution >= 0.6 is 0 Å². The van der Waals surface area contributed by atoms with Crippen LogP contribution in [0.25, 0.3) is 0 Å². The number of hydrogen-bond donors (Lipinski definition) is 2. The maximum Gasteiger partial charge on any atom is 0.220 e. The zero-order valence-corrected chi connectivity index (χ0v) is 14.7. The van der Waals surface area contributed by atoms with Crippen LogP contribution in [0.15, 0.2) is 30.3 Å². The van der Waals surface area contributed by atoms with Crippen molar-refractivity contribution in [3.05, 3.63) is 35.9 Å². The number of rotatable bonds is 7. The second-order valence-corrected chi connectivity index (χ2v) is 7.08. The van der Waals surface area contributed by atoms with Gasteiger partial charge in [0.05, 0.1) is 6.04 Å². The molecule has 1 heterocycles. The van der Waals surface area contributed by atoms with Crippen LogP contribution in [-0.4, -0.2) is 44.5 Å². The van der Waals surface area contributed by atoms with Crippen LogP contribution in [0.1, 0.15) is 37.8 Å². The predicted octanol–water partition coefficient (Wildman–Crippen LogP) is 2.43. The summed E-state index contributed by atoms with van der Waals surface area (Å²) < 4.78 is 0. The molecule has 2 rings (SSSR count). The number of hydrogen-bond acceptors (Lipinski definition) is 3. The van der Waals surface area contributed by atoms with Crippen LogP contribution in [0.4, 0.5) is 0 Å². The van der Waals surface area contributed by atoms with Gasteiger partial charge in [0.1, 0.15) is 0 Å². The lowest BCUT2D eigenvalue weighted by Crippen LogP contribution is -2.38. The maximum atomic E-state index is 12.5. The highest BCUT2D eigenvalue weighted by molar-refractivity contribution is 5.76. The highest BCUT2D eigenvalue weighted by Crippen LogP contribution is 2.23. The molecular weight excluding hydrogens is 286 g/mol. The van der Waals surface area contributed by atoms with E-state index in [0.29, 0.717) is 18.3 Å². The Balaban J connectivity index is 1.91. The van der Waals surface area contributed by atoms with Crippen LogP contribution in [0, 0.1) is 11.8 Å². The van der Waals surface area contributed by atoms with Gasteiger partial charge < -0.3 is 15.5 Å². The third-order valence-corrected chi connectivity index (χ3v) is 4.73. The first-order valence-corrected chi connectivity index (χ1v) is 8.76. The molecule has 1 fully saturated rings. The molecule has 0 aromatic heterocycles. The van der Waals surface area contributed by atoms with Gasteiger partial charge in [0.2, 0.25) is 5.91 Å². The fourth-order valence-electron chi connectivity index (χ4n) is 3.36. The minimum absolute atomic E-state index is 0.0513. The molecule has 1 aromatic rings. The summed E-state index contributed by atoms with van der Waals surface area (Å²) in [5.41, 5.74) is 1.17. The van der Waals surface area contributed by atoms with E-state index in [-0.39, 0.29) is 11.9 Å². The van der Waals surface area contributed by atoms with E-state index in [1.165, 1.54) is 18.4 Å². The molecule has 0 saturated carbocycles. The Kier molecular flexibility index (Phi) is 7.06. The van der Waals surface area contributed by atoms with E-state index in [1.807, 2.05) is 32.3 Å². The van der Waals surface area contributed by atoms with Gasteiger partial charge in [-0.3, -0.25) is 4.79 Å². The zero-order valence-electron chi connectivity index (χ0n) is 14.7. The molecule has 3 unspecified atom stereocenters. The Hall–Kier alpha value is -1.39. The SMILES string of the molecule is CC(CC(=O)NC(CN(C)C)c1ccccc1)C1CCCNC1. The largest absolute Gasteiger partial charge is 0.348 e. The van der Waals surface area contributed by atoms with Crippen LogP contribution in [0.5, 0.6) is 0 Å². The quantitative estimate of drug-likeness (QED) is 0.812. The molecule has 4 heteroatoms. The van der Waals surface area contributed by atoms with E-state index >= 15 is 0 Å². The van der Waals surface area contributed by atoms with Crippen molar-refractivity contribution >= 4 is 5.91 Å². The summed E-state index contributed by atoms with van der Waals surface area (Å²) in [6.45, 7) is 5.19. The van der Waals surface area contributed by atoms with E-state index in [0.717, 1.165) is 19.6 Å². The van der Waals surface area contributed by atoms with Gasteiger partial charge in [0.25, 0.3) is 0 Å². The van der Waals surface area contributed by atoms with Crippen LogP contribution in [0.2, 0.25) is 0 Å². The summed E-state index contributed by atoms with van der Waals surface area (Å²) in [5, 5.41) is 6.68. The third kappa shape index (κ3) is 5.96. The number of piperidine rings is 1. The molecule has 128 valence electrons. The van der Waals surface area contributed by atoms with Gasteiger partial charge in [0, 0.05) is 13.0 Å². The van der Waals surface area contributed by atoms with E-state index in [9.17, 15) is 4.79 Å². The van der Waals surface area contributed by atoms with Gasteiger partial charge in [-0.1, -0.05) is 37.3 Å². The average Bonchev–Trinajstić information content (AvgIpc) is 2.55. The monoisotopic (exact) mass is 317 g/mol. The summed E-state index contributed by atoms with van der Waals surface area (Å²) in [5.74, 6) is 1.22. The molecule has 4 nitrogen and oxygen atoms in total. The lowest BCUT2D eigenvalue weighted by atomic mass is 9.85. The molecule has 2 N–H and O–H groups in total. The molecule has 0 aliphatic carbocycles.